The third-order valence-corrected chi connectivity index (χ3v) is 9.00. The molecule has 2 aromatic heterocycles. The lowest BCUT2D eigenvalue weighted by molar-refractivity contribution is 0.0164. The van der Waals surface area contributed by atoms with Crippen molar-refractivity contribution in [1.82, 2.24) is 15.0 Å². The molecule has 0 unspecified atom stereocenters. The number of fused-ring (bicyclic) bond motifs is 3. The van der Waals surface area contributed by atoms with E-state index < -0.39 is 5.60 Å². The molecule has 3 aliphatic heterocycles. The fourth-order valence-corrected chi connectivity index (χ4v) is 6.86. The van der Waals surface area contributed by atoms with Gasteiger partial charge < -0.3 is 20.1 Å². The topological polar surface area (TPSA) is 83.4 Å². The molecule has 3 saturated heterocycles. The van der Waals surface area contributed by atoms with Crippen molar-refractivity contribution >= 4 is 11.6 Å². The fraction of sp³-hybridized carbons (Fsp3) is 0.679. The van der Waals surface area contributed by atoms with E-state index in [1.165, 1.54) is 37.1 Å². The van der Waals surface area contributed by atoms with Crippen LogP contribution in [-0.4, -0.2) is 51.4 Å². The maximum atomic E-state index is 11.4. The molecule has 0 amide bonds. The van der Waals surface area contributed by atoms with Gasteiger partial charge in [-0.3, -0.25) is 4.98 Å². The maximum absolute atomic E-state index is 11.4. The van der Waals surface area contributed by atoms with Gasteiger partial charge in [0.05, 0.1) is 11.2 Å². The van der Waals surface area contributed by atoms with E-state index >= 15 is 0 Å². The molecule has 0 radical (unpaired) electrons. The van der Waals surface area contributed by atoms with Crippen molar-refractivity contribution in [2.75, 3.05) is 30.0 Å². The molecular formula is C28H39N5O2. The van der Waals surface area contributed by atoms with Gasteiger partial charge in [0.25, 0.3) is 0 Å². The van der Waals surface area contributed by atoms with Crippen molar-refractivity contribution in [3.8, 4) is 0 Å². The standard InChI is InChI=1S/C28H39N5O2/c34-28(11-3-1-2-4-12-28)25-8-16-30-26(31-25)32-27-13-5-22(6-14-27)33(20-27)23-7-15-29-24(19-23)21-9-17-35-18-10-21/h7-8,15-16,19,21-22,34H,1-6,9-14,17-18,20H2,(H,30,31,32). The van der Waals surface area contributed by atoms with Crippen molar-refractivity contribution < 1.29 is 9.84 Å². The molecule has 2 saturated carbocycles. The van der Waals surface area contributed by atoms with Crippen molar-refractivity contribution in [2.45, 2.75) is 100 Å². The first kappa shape index (κ1) is 23.2. The zero-order valence-corrected chi connectivity index (χ0v) is 20.8. The second kappa shape index (κ2) is 9.66. The summed E-state index contributed by atoms with van der Waals surface area (Å²) in [6.45, 7) is 2.63. The highest BCUT2D eigenvalue weighted by Gasteiger charge is 2.45. The molecule has 2 aliphatic carbocycles. The second-order valence-electron chi connectivity index (χ2n) is 11.3. The van der Waals surface area contributed by atoms with Crippen LogP contribution in [0.3, 0.4) is 0 Å². The van der Waals surface area contributed by atoms with Gasteiger partial charge in [-0.2, -0.15) is 0 Å². The van der Waals surface area contributed by atoms with Crippen LogP contribution in [0, 0.1) is 0 Å². The molecule has 2 N–H and O–H groups in total. The number of nitrogens with zero attached hydrogens (tertiary/aromatic N) is 4. The number of pyridine rings is 1. The molecule has 5 fully saturated rings. The van der Waals surface area contributed by atoms with Gasteiger partial charge in [0.1, 0.15) is 5.60 Å². The Morgan fingerprint density at radius 1 is 0.914 bits per heavy atom. The molecule has 0 aromatic carbocycles. The molecule has 0 atom stereocenters. The molecule has 35 heavy (non-hydrogen) atoms. The van der Waals surface area contributed by atoms with Crippen molar-refractivity contribution in [2.24, 2.45) is 0 Å². The summed E-state index contributed by atoms with van der Waals surface area (Å²) in [6.07, 6.45) is 16.6. The minimum atomic E-state index is -0.818. The van der Waals surface area contributed by atoms with E-state index in [0.717, 1.165) is 76.8 Å². The molecule has 7 nitrogen and oxygen atoms in total. The van der Waals surface area contributed by atoms with E-state index in [0.29, 0.717) is 17.9 Å². The molecule has 0 spiro atoms. The highest BCUT2D eigenvalue weighted by molar-refractivity contribution is 5.51. The zero-order valence-electron chi connectivity index (χ0n) is 20.8. The number of ether oxygens (including phenoxy) is 1. The number of piperidine rings is 2. The van der Waals surface area contributed by atoms with Crippen molar-refractivity contribution in [3.63, 3.8) is 0 Å². The van der Waals surface area contributed by atoms with Crippen LogP contribution in [0.1, 0.15) is 94.4 Å². The lowest BCUT2D eigenvalue weighted by Crippen LogP contribution is -2.61. The van der Waals surface area contributed by atoms with Crippen LogP contribution in [-0.2, 0) is 10.3 Å². The largest absolute Gasteiger partial charge is 0.384 e. The number of anilines is 2. The van der Waals surface area contributed by atoms with E-state index in [4.69, 9.17) is 14.7 Å². The van der Waals surface area contributed by atoms with Gasteiger partial charge in [0.2, 0.25) is 5.95 Å². The number of aromatic nitrogens is 3. The SMILES string of the molecule is OC1(c2ccnc(NC34CCC(CC3)N(c3ccnc(C5CCOCC5)c3)C4)n2)CCCCCC1. The van der Waals surface area contributed by atoms with Gasteiger partial charge >= 0.3 is 0 Å². The number of hydrogen-bond donors (Lipinski definition) is 2. The van der Waals surface area contributed by atoms with E-state index in [1.54, 1.807) is 0 Å². The van der Waals surface area contributed by atoms with Gasteiger partial charge in [0.15, 0.2) is 0 Å². The Hall–Kier alpha value is -2.25. The number of hydrogen-bond acceptors (Lipinski definition) is 7. The minimum absolute atomic E-state index is 0.0401. The minimum Gasteiger partial charge on any atom is -0.384 e. The third kappa shape index (κ3) is 4.77. The van der Waals surface area contributed by atoms with Gasteiger partial charge in [-0.1, -0.05) is 25.7 Å². The van der Waals surface area contributed by atoms with Gasteiger partial charge in [-0.05, 0) is 69.6 Å². The molecular weight excluding hydrogens is 438 g/mol. The van der Waals surface area contributed by atoms with E-state index in [9.17, 15) is 5.11 Å². The number of aliphatic hydroxyl groups is 1. The lowest BCUT2D eigenvalue weighted by Gasteiger charge is -2.54. The lowest BCUT2D eigenvalue weighted by atomic mass is 9.73. The average Bonchev–Trinajstić information content (AvgIpc) is 3.15. The van der Waals surface area contributed by atoms with Crippen LogP contribution in [0.25, 0.3) is 0 Å². The van der Waals surface area contributed by atoms with Crippen LogP contribution in [0.4, 0.5) is 11.6 Å². The molecule has 188 valence electrons. The Morgan fingerprint density at radius 3 is 2.43 bits per heavy atom. The van der Waals surface area contributed by atoms with E-state index in [2.05, 4.69) is 27.3 Å². The van der Waals surface area contributed by atoms with Crippen molar-refractivity contribution in [3.05, 3.63) is 42.0 Å². The Labute approximate surface area is 208 Å². The Morgan fingerprint density at radius 2 is 1.66 bits per heavy atom. The first-order valence-corrected chi connectivity index (χ1v) is 13.8. The molecule has 7 heteroatoms. The maximum Gasteiger partial charge on any atom is 0.223 e. The summed E-state index contributed by atoms with van der Waals surface area (Å²) in [4.78, 5) is 16.8. The van der Waals surface area contributed by atoms with Gasteiger partial charge in [-0.25, -0.2) is 9.97 Å². The van der Waals surface area contributed by atoms with Crippen molar-refractivity contribution in [1.29, 1.82) is 0 Å². The summed E-state index contributed by atoms with van der Waals surface area (Å²) < 4.78 is 5.56. The molecule has 5 aliphatic rings. The Bertz CT molecular complexity index is 1010. The van der Waals surface area contributed by atoms with Crippen LogP contribution in [0.2, 0.25) is 0 Å². The summed E-state index contributed by atoms with van der Waals surface area (Å²) in [6, 6.07) is 6.99. The summed E-state index contributed by atoms with van der Waals surface area (Å²) in [5.74, 6) is 1.17. The molecule has 5 heterocycles. The number of nitrogens with one attached hydrogen (secondary N) is 1. The summed E-state index contributed by atoms with van der Waals surface area (Å²) in [5, 5.41) is 15.1. The molecule has 2 bridgehead atoms. The predicted molar refractivity (Wildman–Crippen MR) is 137 cm³/mol. The molecule has 2 aromatic rings. The van der Waals surface area contributed by atoms with E-state index in [1.807, 2.05) is 18.5 Å². The normalized spacial score (nSPS) is 29.1. The fourth-order valence-electron chi connectivity index (χ4n) is 6.86. The third-order valence-electron chi connectivity index (χ3n) is 9.00. The highest BCUT2D eigenvalue weighted by Crippen LogP contribution is 2.43. The summed E-state index contributed by atoms with van der Waals surface area (Å²) >= 11 is 0. The van der Waals surface area contributed by atoms with Gasteiger partial charge in [0, 0.05) is 55.5 Å². The quantitative estimate of drug-likeness (QED) is 0.591. The van der Waals surface area contributed by atoms with Crippen LogP contribution < -0.4 is 10.2 Å². The molecule has 7 rings (SSSR count). The Kier molecular flexibility index (Phi) is 6.39. The zero-order chi connectivity index (χ0) is 23.7. The van der Waals surface area contributed by atoms with Crippen LogP contribution in [0.15, 0.2) is 30.6 Å². The first-order chi connectivity index (χ1) is 17.1. The monoisotopic (exact) mass is 477 g/mol. The van der Waals surface area contributed by atoms with Crippen LogP contribution >= 0.6 is 0 Å². The predicted octanol–water partition coefficient (Wildman–Crippen LogP) is 4.92. The van der Waals surface area contributed by atoms with Gasteiger partial charge in [-0.15, -0.1) is 0 Å². The highest BCUT2D eigenvalue weighted by atomic mass is 16.5. The smallest absolute Gasteiger partial charge is 0.223 e. The Balaban J connectivity index is 1.21. The summed E-state index contributed by atoms with van der Waals surface area (Å²) in [7, 11) is 0. The summed E-state index contributed by atoms with van der Waals surface area (Å²) in [5.41, 5.74) is 2.43. The average molecular weight is 478 g/mol. The first-order valence-electron chi connectivity index (χ1n) is 13.8. The van der Waals surface area contributed by atoms with E-state index in [-0.39, 0.29) is 5.54 Å². The second-order valence-corrected chi connectivity index (χ2v) is 11.3. The number of rotatable bonds is 5. The van der Waals surface area contributed by atoms with Crippen LogP contribution in [0.5, 0.6) is 0 Å².